The first-order chi connectivity index (χ1) is 8.97. The maximum absolute atomic E-state index is 13.6. The molecular weight excluding hydrogens is 292 g/mol. The summed E-state index contributed by atoms with van der Waals surface area (Å²) in [6, 6.07) is 6.13. The van der Waals surface area contributed by atoms with Gasteiger partial charge in [-0.2, -0.15) is 0 Å². The summed E-state index contributed by atoms with van der Waals surface area (Å²) in [6.45, 7) is 1.73. The van der Waals surface area contributed by atoms with Crippen molar-refractivity contribution < 1.29 is 13.5 Å². The first-order valence-corrected chi connectivity index (χ1v) is 6.79. The van der Waals surface area contributed by atoms with E-state index in [9.17, 15) is 8.78 Å². The van der Waals surface area contributed by atoms with Crippen molar-refractivity contribution in [2.75, 3.05) is 0 Å². The second kappa shape index (κ2) is 5.86. The van der Waals surface area contributed by atoms with Crippen LogP contribution in [0.4, 0.5) is 8.78 Å². The van der Waals surface area contributed by atoms with Gasteiger partial charge in [-0.1, -0.05) is 11.6 Å². The molecule has 0 fully saturated rings. The van der Waals surface area contributed by atoms with Gasteiger partial charge in [0.15, 0.2) is 11.6 Å². The number of nitrogens with two attached hydrogens (primary N) is 1. The van der Waals surface area contributed by atoms with Gasteiger partial charge in [0.05, 0.1) is 4.34 Å². The molecule has 0 amide bonds. The van der Waals surface area contributed by atoms with E-state index in [1.54, 1.807) is 19.1 Å². The molecule has 0 bridgehead atoms. The minimum absolute atomic E-state index is 0.160. The van der Waals surface area contributed by atoms with E-state index in [0.717, 1.165) is 23.1 Å². The standard InChI is InChI=1S/C13H12ClF2NOS/c1-7(17)13(11-4-5-12(14)19-11)18-10-6-8(15)2-3-9(10)16/h2-7,13H,17H2,1H3. The lowest BCUT2D eigenvalue weighted by atomic mass is 10.1. The zero-order valence-corrected chi connectivity index (χ0v) is 11.6. The number of halogens is 3. The van der Waals surface area contributed by atoms with Gasteiger partial charge in [-0.3, -0.25) is 0 Å². The zero-order valence-electron chi connectivity index (χ0n) is 10.1. The lowest BCUT2D eigenvalue weighted by Gasteiger charge is -2.21. The average molecular weight is 304 g/mol. The maximum Gasteiger partial charge on any atom is 0.165 e. The Kier molecular flexibility index (Phi) is 4.39. The minimum atomic E-state index is -0.630. The predicted octanol–water partition coefficient (Wildman–Crippen LogP) is 4.15. The number of hydrogen-bond acceptors (Lipinski definition) is 3. The van der Waals surface area contributed by atoms with Gasteiger partial charge >= 0.3 is 0 Å². The monoisotopic (exact) mass is 303 g/mol. The number of hydrogen-bond donors (Lipinski definition) is 1. The zero-order chi connectivity index (χ0) is 14.0. The molecule has 19 heavy (non-hydrogen) atoms. The van der Waals surface area contributed by atoms with E-state index in [1.807, 2.05) is 0 Å². The van der Waals surface area contributed by atoms with E-state index >= 15 is 0 Å². The Labute approximate surface area is 118 Å². The highest BCUT2D eigenvalue weighted by molar-refractivity contribution is 7.16. The second-order valence-corrected chi connectivity index (χ2v) is 5.86. The van der Waals surface area contributed by atoms with Gasteiger partial charge in [0.1, 0.15) is 11.9 Å². The van der Waals surface area contributed by atoms with Gasteiger partial charge < -0.3 is 10.5 Å². The van der Waals surface area contributed by atoms with Crippen LogP contribution in [-0.4, -0.2) is 6.04 Å². The molecule has 0 spiro atoms. The molecule has 102 valence electrons. The van der Waals surface area contributed by atoms with E-state index in [0.29, 0.717) is 4.34 Å². The molecule has 0 aliphatic rings. The Bertz CT molecular complexity index is 574. The Morgan fingerprint density at radius 1 is 1.26 bits per heavy atom. The predicted molar refractivity (Wildman–Crippen MR) is 72.7 cm³/mol. The molecule has 0 saturated heterocycles. The van der Waals surface area contributed by atoms with Gasteiger partial charge in [-0.05, 0) is 31.2 Å². The fourth-order valence-electron chi connectivity index (χ4n) is 1.61. The fraction of sp³-hybridized carbons (Fsp3) is 0.231. The summed E-state index contributed by atoms with van der Waals surface area (Å²) in [5, 5.41) is 0. The minimum Gasteiger partial charge on any atom is -0.480 e. The molecule has 0 aliphatic heterocycles. The van der Waals surface area contributed by atoms with Crippen LogP contribution in [0.25, 0.3) is 0 Å². The third kappa shape index (κ3) is 3.43. The maximum atomic E-state index is 13.6. The molecule has 2 nitrogen and oxygen atoms in total. The van der Waals surface area contributed by atoms with Crippen LogP contribution in [0.2, 0.25) is 4.34 Å². The lowest BCUT2D eigenvalue weighted by Crippen LogP contribution is -2.28. The summed E-state index contributed by atoms with van der Waals surface area (Å²) in [5.41, 5.74) is 5.84. The fourth-order valence-corrected chi connectivity index (χ4v) is 2.82. The van der Waals surface area contributed by atoms with Crippen molar-refractivity contribution in [2.24, 2.45) is 5.73 Å². The van der Waals surface area contributed by atoms with Crippen molar-refractivity contribution in [1.29, 1.82) is 0 Å². The van der Waals surface area contributed by atoms with Gasteiger partial charge in [0.25, 0.3) is 0 Å². The molecular formula is C13H12ClF2NOS. The number of thiophene rings is 1. The smallest absolute Gasteiger partial charge is 0.165 e. The highest BCUT2D eigenvalue weighted by atomic mass is 35.5. The highest BCUT2D eigenvalue weighted by Gasteiger charge is 2.22. The van der Waals surface area contributed by atoms with E-state index in [4.69, 9.17) is 22.1 Å². The van der Waals surface area contributed by atoms with Crippen molar-refractivity contribution in [1.82, 2.24) is 0 Å². The molecule has 2 atom stereocenters. The van der Waals surface area contributed by atoms with Gasteiger partial charge in [-0.15, -0.1) is 11.3 Å². The van der Waals surface area contributed by atoms with Crippen LogP contribution < -0.4 is 10.5 Å². The number of benzene rings is 1. The average Bonchev–Trinajstić information content (AvgIpc) is 2.76. The molecule has 2 N–H and O–H groups in total. The molecule has 2 aromatic rings. The molecule has 0 radical (unpaired) electrons. The molecule has 1 aromatic carbocycles. The molecule has 0 saturated carbocycles. The van der Waals surface area contributed by atoms with Crippen molar-refractivity contribution in [3.8, 4) is 5.75 Å². The molecule has 2 rings (SSSR count). The Hall–Kier alpha value is -1.17. The van der Waals surface area contributed by atoms with Crippen LogP contribution in [0.5, 0.6) is 5.75 Å². The van der Waals surface area contributed by atoms with Crippen molar-refractivity contribution >= 4 is 22.9 Å². The lowest BCUT2D eigenvalue weighted by molar-refractivity contribution is 0.175. The Balaban J connectivity index is 2.29. The first-order valence-electron chi connectivity index (χ1n) is 5.60. The first kappa shape index (κ1) is 14.2. The molecule has 0 aliphatic carbocycles. The summed E-state index contributed by atoms with van der Waals surface area (Å²) in [4.78, 5) is 0.767. The second-order valence-electron chi connectivity index (χ2n) is 4.11. The van der Waals surface area contributed by atoms with Crippen LogP contribution in [0.3, 0.4) is 0 Å². The van der Waals surface area contributed by atoms with Gasteiger partial charge in [0.2, 0.25) is 0 Å². The summed E-state index contributed by atoms with van der Waals surface area (Å²) in [5.74, 6) is -1.36. The Morgan fingerprint density at radius 3 is 2.58 bits per heavy atom. The SMILES string of the molecule is CC(N)C(Oc1cc(F)ccc1F)c1ccc(Cl)s1. The third-order valence-electron chi connectivity index (χ3n) is 2.50. The largest absolute Gasteiger partial charge is 0.480 e. The van der Waals surface area contributed by atoms with Crippen LogP contribution in [0.15, 0.2) is 30.3 Å². The summed E-state index contributed by atoms with van der Waals surface area (Å²) >= 11 is 7.15. The number of ether oxygens (including phenoxy) is 1. The highest BCUT2D eigenvalue weighted by Crippen LogP contribution is 2.32. The van der Waals surface area contributed by atoms with E-state index in [-0.39, 0.29) is 5.75 Å². The molecule has 6 heteroatoms. The summed E-state index contributed by atoms with van der Waals surface area (Å²) in [7, 11) is 0. The topological polar surface area (TPSA) is 35.2 Å². The summed E-state index contributed by atoms with van der Waals surface area (Å²) in [6.07, 6.45) is -0.575. The van der Waals surface area contributed by atoms with Crippen LogP contribution in [-0.2, 0) is 0 Å². The van der Waals surface area contributed by atoms with Crippen LogP contribution >= 0.6 is 22.9 Å². The van der Waals surface area contributed by atoms with Crippen molar-refractivity contribution in [2.45, 2.75) is 19.1 Å². The van der Waals surface area contributed by atoms with Crippen LogP contribution in [0, 0.1) is 11.6 Å². The third-order valence-corrected chi connectivity index (χ3v) is 3.79. The quantitative estimate of drug-likeness (QED) is 0.921. The molecule has 1 aromatic heterocycles. The van der Waals surface area contributed by atoms with Crippen molar-refractivity contribution in [3.05, 3.63) is 51.2 Å². The van der Waals surface area contributed by atoms with E-state index in [1.165, 1.54) is 11.3 Å². The molecule has 1 heterocycles. The summed E-state index contributed by atoms with van der Waals surface area (Å²) < 4.78 is 32.8. The van der Waals surface area contributed by atoms with Gasteiger partial charge in [0, 0.05) is 17.0 Å². The number of rotatable bonds is 4. The van der Waals surface area contributed by atoms with E-state index in [2.05, 4.69) is 0 Å². The van der Waals surface area contributed by atoms with E-state index < -0.39 is 23.8 Å². The Morgan fingerprint density at radius 2 is 2.00 bits per heavy atom. The van der Waals surface area contributed by atoms with Crippen LogP contribution in [0.1, 0.15) is 17.9 Å². The normalized spacial score (nSPS) is 14.2. The molecule has 2 unspecified atom stereocenters. The van der Waals surface area contributed by atoms with Crippen molar-refractivity contribution in [3.63, 3.8) is 0 Å². The van der Waals surface area contributed by atoms with Gasteiger partial charge in [-0.25, -0.2) is 8.78 Å².